The van der Waals surface area contributed by atoms with Gasteiger partial charge in [-0.1, -0.05) is 74.0 Å². The molecule has 27 heavy (non-hydrogen) atoms. The van der Waals surface area contributed by atoms with Gasteiger partial charge in [0.2, 0.25) is 0 Å². The van der Waals surface area contributed by atoms with Gasteiger partial charge in [0.05, 0.1) is 10.8 Å². The first-order chi connectivity index (χ1) is 13.3. The Kier molecular flexibility index (Phi) is 7.10. The lowest BCUT2D eigenvalue weighted by Crippen LogP contribution is -1.95. The fourth-order valence-corrected chi connectivity index (χ4v) is 3.43. The van der Waals surface area contributed by atoms with Gasteiger partial charge in [-0.2, -0.15) is 4.99 Å². The van der Waals surface area contributed by atoms with E-state index in [1.807, 2.05) is 12.1 Å². The highest BCUT2D eigenvalue weighted by atomic mass is 32.1. The van der Waals surface area contributed by atoms with Crippen molar-refractivity contribution in [3.8, 4) is 11.1 Å². The molecule has 0 aliphatic carbocycles. The summed E-state index contributed by atoms with van der Waals surface area (Å²) in [6, 6.07) is 26.0. The van der Waals surface area contributed by atoms with Gasteiger partial charge in [0.25, 0.3) is 0 Å². The summed E-state index contributed by atoms with van der Waals surface area (Å²) in [7, 11) is 0. The molecule has 0 saturated heterocycles. The van der Waals surface area contributed by atoms with Gasteiger partial charge in [-0.3, -0.25) is 0 Å². The number of aryl methyl sites for hydroxylation is 3. The summed E-state index contributed by atoms with van der Waals surface area (Å²) < 4.78 is 0. The van der Waals surface area contributed by atoms with Crippen LogP contribution in [0.5, 0.6) is 0 Å². The predicted molar refractivity (Wildman–Crippen MR) is 119 cm³/mol. The number of unbranched alkanes of at least 4 members (excludes halogenated alkanes) is 1. The molecule has 0 radical (unpaired) electrons. The molecule has 2 heteroatoms. The highest BCUT2D eigenvalue weighted by Gasteiger charge is 2.05. The zero-order chi connectivity index (χ0) is 18.9. The number of rotatable bonds is 8. The molecule has 0 fully saturated rings. The molecule has 0 aliphatic heterocycles. The zero-order valence-electron chi connectivity index (χ0n) is 15.8. The highest BCUT2D eigenvalue weighted by molar-refractivity contribution is 7.78. The van der Waals surface area contributed by atoms with E-state index in [-0.39, 0.29) is 0 Å². The van der Waals surface area contributed by atoms with Crippen molar-refractivity contribution in [2.24, 2.45) is 4.99 Å². The average molecular weight is 372 g/mol. The number of hydrogen-bond donors (Lipinski definition) is 0. The number of hydrogen-bond acceptors (Lipinski definition) is 2. The summed E-state index contributed by atoms with van der Waals surface area (Å²) >= 11 is 4.67. The Balaban J connectivity index is 1.71. The molecule has 0 aliphatic rings. The normalized spacial score (nSPS) is 10.4. The fraction of sp³-hybridized carbons (Fsp3) is 0.240. The van der Waals surface area contributed by atoms with Crippen LogP contribution in [0.15, 0.2) is 77.8 Å². The van der Waals surface area contributed by atoms with Crippen LogP contribution in [0, 0.1) is 0 Å². The second-order valence-electron chi connectivity index (χ2n) is 6.83. The van der Waals surface area contributed by atoms with Gasteiger partial charge in [-0.25, -0.2) is 0 Å². The number of isothiocyanates is 1. The lowest BCUT2D eigenvalue weighted by molar-refractivity contribution is 0.794. The van der Waals surface area contributed by atoms with Crippen molar-refractivity contribution in [2.45, 2.75) is 39.0 Å². The quantitative estimate of drug-likeness (QED) is 0.301. The van der Waals surface area contributed by atoms with E-state index < -0.39 is 0 Å². The molecule has 0 bridgehead atoms. The zero-order valence-corrected chi connectivity index (χ0v) is 16.6. The topological polar surface area (TPSA) is 12.4 Å². The Morgan fingerprint density at radius 1 is 0.778 bits per heavy atom. The minimum atomic E-state index is 0.842. The smallest absolute Gasteiger partial charge is 0.0739 e. The number of aliphatic imine (C=N–C) groups is 1. The molecule has 0 amide bonds. The Morgan fingerprint density at radius 2 is 1.44 bits per heavy atom. The Morgan fingerprint density at radius 3 is 2.11 bits per heavy atom. The number of thiocarbonyl (C=S) groups is 1. The van der Waals surface area contributed by atoms with Crippen LogP contribution < -0.4 is 0 Å². The number of benzene rings is 3. The summed E-state index contributed by atoms with van der Waals surface area (Å²) in [5.74, 6) is 0. The fourth-order valence-electron chi connectivity index (χ4n) is 3.32. The second-order valence-corrected chi connectivity index (χ2v) is 7.01. The van der Waals surface area contributed by atoms with E-state index in [0.717, 1.165) is 18.5 Å². The molecule has 0 aromatic heterocycles. The summed E-state index contributed by atoms with van der Waals surface area (Å²) in [5.41, 5.74) is 7.56. The maximum atomic E-state index is 4.67. The minimum absolute atomic E-state index is 0.842. The van der Waals surface area contributed by atoms with Crippen LogP contribution in [-0.2, 0) is 19.3 Å². The third-order valence-electron chi connectivity index (χ3n) is 4.90. The Bertz CT molecular complexity index is 904. The van der Waals surface area contributed by atoms with Crippen LogP contribution in [0.2, 0.25) is 0 Å². The van der Waals surface area contributed by atoms with Crippen LogP contribution in [0.3, 0.4) is 0 Å². The third-order valence-corrected chi connectivity index (χ3v) is 4.99. The van der Waals surface area contributed by atoms with Crippen LogP contribution in [-0.4, -0.2) is 5.16 Å². The van der Waals surface area contributed by atoms with Crippen molar-refractivity contribution in [1.29, 1.82) is 0 Å². The molecule has 3 aromatic carbocycles. The lowest BCUT2D eigenvalue weighted by Gasteiger charge is -2.10. The van der Waals surface area contributed by atoms with E-state index >= 15 is 0 Å². The molecule has 136 valence electrons. The molecule has 0 N–H and O–H groups in total. The molecular weight excluding hydrogens is 346 g/mol. The molecule has 0 heterocycles. The van der Waals surface area contributed by atoms with Gasteiger partial charge < -0.3 is 0 Å². The summed E-state index contributed by atoms with van der Waals surface area (Å²) in [6.07, 6.45) is 5.78. The average Bonchev–Trinajstić information content (AvgIpc) is 2.72. The minimum Gasteiger partial charge on any atom is -0.195 e. The van der Waals surface area contributed by atoms with E-state index in [0.29, 0.717) is 0 Å². The Labute approximate surface area is 167 Å². The summed E-state index contributed by atoms with van der Waals surface area (Å²) in [4.78, 5) is 4.03. The van der Waals surface area contributed by atoms with E-state index in [9.17, 15) is 0 Å². The first-order valence-electron chi connectivity index (χ1n) is 9.64. The molecule has 0 atom stereocenters. The Hall–Kier alpha value is -2.54. The standard InChI is InChI=1S/C25H25NS/c1-2-3-6-20-9-11-21(12-10-20)13-14-22-7-4-5-8-25(22)23-15-17-24(18-16-23)26-19-27/h4-5,7-12,15-18H,2-3,6,13-14H2,1H3. The number of nitrogens with zero attached hydrogens (tertiary/aromatic N) is 1. The van der Waals surface area contributed by atoms with E-state index in [1.54, 1.807) is 0 Å². The van der Waals surface area contributed by atoms with Crippen molar-refractivity contribution in [3.63, 3.8) is 0 Å². The maximum Gasteiger partial charge on any atom is 0.0739 e. The maximum absolute atomic E-state index is 4.67. The van der Waals surface area contributed by atoms with E-state index in [4.69, 9.17) is 0 Å². The highest BCUT2D eigenvalue weighted by Crippen LogP contribution is 2.27. The molecule has 3 rings (SSSR count). The van der Waals surface area contributed by atoms with Crippen molar-refractivity contribution in [2.75, 3.05) is 0 Å². The van der Waals surface area contributed by atoms with Crippen molar-refractivity contribution in [3.05, 3.63) is 89.5 Å². The molecular formula is C25H25NS. The SMILES string of the molecule is CCCCc1ccc(CCc2ccccc2-c2ccc(N=C=S)cc2)cc1. The van der Waals surface area contributed by atoms with Gasteiger partial charge in [0.15, 0.2) is 0 Å². The van der Waals surface area contributed by atoms with E-state index in [1.165, 1.54) is 47.1 Å². The predicted octanol–water partition coefficient (Wildman–Crippen LogP) is 7.22. The van der Waals surface area contributed by atoms with Crippen LogP contribution >= 0.6 is 12.2 Å². The third kappa shape index (κ3) is 5.47. The largest absolute Gasteiger partial charge is 0.195 e. The molecule has 0 unspecified atom stereocenters. The van der Waals surface area contributed by atoms with Crippen molar-refractivity contribution >= 4 is 23.1 Å². The second kappa shape index (κ2) is 9.97. The summed E-state index contributed by atoms with van der Waals surface area (Å²) in [5, 5.41) is 2.42. The van der Waals surface area contributed by atoms with E-state index in [2.05, 4.69) is 90.0 Å². The van der Waals surface area contributed by atoms with Crippen molar-refractivity contribution < 1.29 is 0 Å². The van der Waals surface area contributed by atoms with Gasteiger partial charge in [-0.15, -0.1) is 0 Å². The lowest BCUT2D eigenvalue weighted by atomic mass is 9.94. The van der Waals surface area contributed by atoms with Gasteiger partial charge in [-0.05, 0) is 77.9 Å². The van der Waals surface area contributed by atoms with Crippen molar-refractivity contribution in [1.82, 2.24) is 0 Å². The van der Waals surface area contributed by atoms with Gasteiger partial charge >= 0.3 is 0 Å². The van der Waals surface area contributed by atoms with Crippen LogP contribution in [0.4, 0.5) is 5.69 Å². The molecule has 1 nitrogen and oxygen atoms in total. The molecule has 0 saturated carbocycles. The van der Waals surface area contributed by atoms with Gasteiger partial charge in [0, 0.05) is 0 Å². The first kappa shape index (κ1) is 19.2. The summed E-state index contributed by atoms with van der Waals surface area (Å²) in [6.45, 7) is 2.24. The monoisotopic (exact) mass is 371 g/mol. The molecule has 0 spiro atoms. The van der Waals surface area contributed by atoms with Crippen LogP contribution in [0.25, 0.3) is 11.1 Å². The first-order valence-corrected chi connectivity index (χ1v) is 10.0. The molecule has 3 aromatic rings. The van der Waals surface area contributed by atoms with Gasteiger partial charge in [0.1, 0.15) is 0 Å². The van der Waals surface area contributed by atoms with Crippen LogP contribution in [0.1, 0.15) is 36.5 Å².